The Morgan fingerprint density at radius 1 is 0.898 bits per heavy atom. The van der Waals surface area contributed by atoms with Gasteiger partial charge in [0, 0.05) is 60.6 Å². The minimum Gasteiger partial charge on any atom is -0.495 e. The van der Waals surface area contributed by atoms with E-state index in [2.05, 4.69) is 32.3 Å². The summed E-state index contributed by atoms with van der Waals surface area (Å²) >= 11 is 14.0. The average Bonchev–Trinajstić information content (AvgIpc) is 1.54. The third-order valence-corrected chi connectivity index (χ3v) is 16.8. The number of Topliss-reactive ketones (excluding diaryl/α,β-unsaturated/α-hetero) is 1. The number of aromatic nitrogens is 1. The van der Waals surface area contributed by atoms with Gasteiger partial charge in [-0.2, -0.15) is 5.26 Å². The molecule has 5 aromatic rings. The van der Waals surface area contributed by atoms with E-state index in [4.69, 9.17) is 46.9 Å². The summed E-state index contributed by atoms with van der Waals surface area (Å²) in [6.45, 7) is 14.6. The molecule has 1 aromatic heterocycles. The Bertz CT molecular complexity index is 3260. The van der Waals surface area contributed by atoms with Crippen molar-refractivity contribution in [1.82, 2.24) is 25.8 Å². The smallest absolute Gasteiger partial charge is 0.246 e. The molecule has 0 bridgehead atoms. The summed E-state index contributed by atoms with van der Waals surface area (Å²) in [5.74, 6) is -5.02. The van der Waals surface area contributed by atoms with Crippen LogP contribution in [0.25, 0.3) is 10.4 Å². The number of methoxy groups -OCH3 is 1. The highest BCUT2D eigenvalue weighted by Gasteiger charge is 2.61. The van der Waals surface area contributed by atoms with Crippen LogP contribution in [0.3, 0.4) is 0 Å². The van der Waals surface area contributed by atoms with Crippen molar-refractivity contribution in [1.29, 1.82) is 5.26 Å². The molecule has 5 N–H and O–H groups in total. The van der Waals surface area contributed by atoms with Gasteiger partial charge in [-0.1, -0.05) is 115 Å². The first-order valence-electron chi connectivity index (χ1n) is 28.8. The second-order valence-corrected chi connectivity index (χ2v) is 25.7. The minimum atomic E-state index is -1.83. The largest absolute Gasteiger partial charge is 0.495 e. The molecule has 0 saturated carbocycles. The molecule has 3 heterocycles. The second-order valence-electron chi connectivity index (χ2n) is 24.0. The van der Waals surface area contributed by atoms with E-state index in [0.717, 1.165) is 27.8 Å². The lowest BCUT2D eigenvalue weighted by molar-refractivity contribution is -0.144. The van der Waals surface area contributed by atoms with E-state index < -0.39 is 87.7 Å². The molecular weight excluding hydrogens is 1200 g/mol. The fourth-order valence-electron chi connectivity index (χ4n) is 11.0. The number of likely N-dealkylation sites (tertiary alicyclic amines) is 1. The van der Waals surface area contributed by atoms with Crippen LogP contribution in [0.2, 0.25) is 10.0 Å². The number of aryl methyl sites for hydroxylation is 1. The van der Waals surface area contributed by atoms with Gasteiger partial charge in [-0.25, -0.2) is 13.8 Å². The Morgan fingerprint density at radius 3 is 2.18 bits per heavy atom. The van der Waals surface area contributed by atoms with Crippen LogP contribution in [-0.2, 0) is 50.1 Å². The number of carbonyl (C=O) groups excluding carboxylic acids is 5. The zero-order valence-electron chi connectivity index (χ0n) is 50.2. The number of benzene rings is 4. The molecule has 0 spiro atoms. The Morgan fingerprint density at radius 2 is 1.57 bits per heavy atom. The number of hydrogen-bond acceptors (Lipinski definition) is 15. The maximum atomic E-state index is 16.2. The van der Waals surface area contributed by atoms with Crippen LogP contribution in [0.4, 0.5) is 14.5 Å². The van der Waals surface area contributed by atoms with Gasteiger partial charge in [-0.05, 0) is 83.7 Å². The first-order valence-corrected chi connectivity index (χ1v) is 30.4. The van der Waals surface area contributed by atoms with E-state index in [1.54, 1.807) is 43.7 Å². The van der Waals surface area contributed by atoms with Crippen molar-refractivity contribution < 1.29 is 61.5 Å². The lowest BCUT2D eigenvalue weighted by Crippen LogP contribution is -2.58. The van der Waals surface area contributed by atoms with E-state index in [1.807, 2.05) is 52.0 Å². The zero-order valence-corrected chi connectivity index (χ0v) is 52.6. The average molecular weight is 1280 g/mol. The number of aliphatic hydroxyl groups is 1. The molecule has 2 aliphatic rings. The van der Waals surface area contributed by atoms with Gasteiger partial charge in [-0.3, -0.25) is 24.0 Å². The monoisotopic (exact) mass is 1280 g/mol. The number of thiazole rings is 1. The number of rotatable bonds is 28. The highest BCUT2D eigenvalue weighted by Crippen LogP contribution is 2.53. The Hall–Kier alpha value is -6.45. The van der Waals surface area contributed by atoms with Gasteiger partial charge < -0.3 is 55.0 Å². The number of halogens is 4. The number of aliphatic hydroxyl groups excluding tert-OH is 1. The van der Waals surface area contributed by atoms with E-state index in [-0.39, 0.29) is 131 Å². The van der Waals surface area contributed by atoms with Crippen molar-refractivity contribution >= 4 is 69.6 Å². The third kappa shape index (κ3) is 17.9. The number of hydrogen-bond donors (Lipinski definition) is 5. The topological polar surface area (TPSA) is 240 Å². The van der Waals surface area contributed by atoms with E-state index >= 15 is 8.78 Å². The van der Waals surface area contributed by atoms with E-state index in [1.165, 1.54) is 54.5 Å². The number of amides is 4. The summed E-state index contributed by atoms with van der Waals surface area (Å²) in [5.41, 5.74) is 2.05. The number of nitriles is 1. The molecule has 4 aromatic carbocycles. The SMILES string of the molecule is C.COc1cc(C(=O)CCCOCCOCCOCCOCC(=O)N[C@H](C(=O)N2C[C@H](O)C[C@H]2C(=O)NCc2ccc(-c3scnc3C)cc2)C(C)(C)C)ccc1NC(=O)C1N[C@@H](CC(C)(C)C)[C@](C#N)(c2ccc(Cl)cc2F)[C@H]1c1cccc(Cl)c1F. The Labute approximate surface area is 528 Å². The number of ketones is 1. The standard InChI is InChI=1S/C64H77Cl2F2N7O11S.CH4/c1-38-57(87-37-71-38)40-16-14-39(15-17-40)33-70-59(79)49-31-43(76)34-75(49)61(81)58(63(5,6)7)74-53(78)35-86-28-27-85-26-25-84-24-23-83-22-10-13-50(77)41-18-21-48(51(29-41)82-8)72-60(80)56-54(44-11-9-12-46(66)55(44)68)64(36-69,52(73-56)32-62(2,3)4)45-20-19-42(65)30-47(45)67;/h9,11-12,14-21,29-30,37,43,49,52,54,56,58,73,76H,10,13,22-28,31-35H2,1-8H3,(H,70,79)(H,72,80)(H,74,78);1H4/t43-,49+,52+,54+,56?,58-,64+;/m1./s1. The van der Waals surface area contributed by atoms with Gasteiger partial charge in [0.15, 0.2) is 5.78 Å². The molecule has 476 valence electrons. The van der Waals surface area contributed by atoms with Gasteiger partial charge in [0.2, 0.25) is 23.6 Å². The number of carbonyl (C=O) groups is 5. The summed E-state index contributed by atoms with van der Waals surface area (Å²) in [7, 11) is 1.38. The van der Waals surface area contributed by atoms with Crippen molar-refractivity contribution in [2.75, 3.05) is 71.8 Å². The summed E-state index contributed by atoms with van der Waals surface area (Å²) in [5, 5.41) is 33.5. The normalized spacial score (nSPS) is 19.5. The predicted molar refractivity (Wildman–Crippen MR) is 334 cm³/mol. The van der Waals surface area contributed by atoms with Crippen molar-refractivity contribution in [3.05, 3.63) is 134 Å². The molecule has 2 fully saturated rings. The highest BCUT2D eigenvalue weighted by molar-refractivity contribution is 7.13. The molecule has 0 aliphatic carbocycles. The molecule has 23 heteroatoms. The molecule has 7 atom stereocenters. The van der Waals surface area contributed by atoms with Gasteiger partial charge in [0.1, 0.15) is 41.5 Å². The maximum absolute atomic E-state index is 16.2. The summed E-state index contributed by atoms with van der Waals surface area (Å²) in [4.78, 5) is 75.1. The van der Waals surface area contributed by atoms with Crippen molar-refractivity contribution in [2.24, 2.45) is 10.8 Å². The first-order chi connectivity index (χ1) is 41.4. The first kappa shape index (κ1) is 70.6. The van der Waals surface area contributed by atoms with E-state index in [0.29, 0.717) is 12.0 Å². The number of nitrogens with zero attached hydrogens (tertiary/aromatic N) is 3. The summed E-state index contributed by atoms with van der Waals surface area (Å²) < 4.78 is 60.3. The molecule has 2 aliphatic heterocycles. The predicted octanol–water partition coefficient (Wildman–Crippen LogP) is 10.1. The van der Waals surface area contributed by atoms with Crippen LogP contribution < -0.4 is 26.0 Å². The van der Waals surface area contributed by atoms with Crippen LogP contribution in [0, 0.1) is 40.7 Å². The third-order valence-electron chi connectivity index (χ3n) is 15.3. The minimum absolute atomic E-state index is 0. The molecular formula is C65H81Cl2F2N7O11S. The lowest BCUT2D eigenvalue weighted by Gasteiger charge is -2.37. The zero-order chi connectivity index (χ0) is 63.2. The molecule has 7 rings (SSSR count). The van der Waals surface area contributed by atoms with Gasteiger partial charge in [0.05, 0.1) is 91.8 Å². The Balaban J connectivity index is 0.0000124. The molecule has 88 heavy (non-hydrogen) atoms. The second kappa shape index (κ2) is 31.8. The Kier molecular flexibility index (Phi) is 25.5. The van der Waals surface area contributed by atoms with Gasteiger partial charge in [0.25, 0.3) is 0 Å². The van der Waals surface area contributed by atoms with Crippen LogP contribution in [0.1, 0.15) is 113 Å². The van der Waals surface area contributed by atoms with Gasteiger partial charge in [-0.15, -0.1) is 11.3 Å². The fraction of sp³-hybridized carbons (Fsp3) is 0.492. The number of nitrogens with one attached hydrogen (secondary N) is 4. The molecule has 4 amide bonds. The van der Waals surface area contributed by atoms with Crippen molar-refractivity contribution in [2.45, 2.75) is 130 Å². The van der Waals surface area contributed by atoms with Crippen molar-refractivity contribution in [3.63, 3.8) is 0 Å². The molecule has 1 unspecified atom stereocenters. The van der Waals surface area contributed by atoms with Crippen LogP contribution in [0.15, 0.2) is 84.4 Å². The highest BCUT2D eigenvalue weighted by atomic mass is 35.5. The van der Waals surface area contributed by atoms with E-state index in [9.17, 15) is 34.3 Å². The fourth-order valence-corrected chi connectivity index (χ4v) is 12.2. The lowest BCUT2D eigenvalue weighted by atomic mass is 9.62. The molecule has 18 nitrogen and oxygen atoms in total. The number of anilines is 1. The molecule has 2 saturated heterocycles. The van der Waals surface area contributed by atoms with Crippen molar-refractivity contribution in [3.8, 4) is 22.3 Å². The van der Waals surface area contributed by atoms with Crippen LogP contribution in [-0.4, -0.2) is 141 Å². The van der Waals surface area contributed by atoms with Crippen LogP contribution in [0.5, 0.6) is 5.75 Å². The quantitative estimate of drug-likeness (QED) is 0.0231. The summed E-state index contributed by atoms with van der Waals surface area (Å²) in [6.07, 6.45) is -0.00511. The number of ether oxygens (including phenoxy) is 5. The molecule has 0 radical (unpaired) electrons. The number of β-amino-alcohol motifs (C(OH)–C–C–N with tert-alkyl or cyclic N) is 1. The van der Waals surface area contributed by atoms with Crippen LogP contribution >= 0.6 is 34.5 Å². The van der Waals surface area contributed by atoms with Gasteiger partial charge >= 0.3 is 0 Å². The summed E-state index contributed by atoms with van der Waals surface area (Å²) in [6, 6.07) is 18.9. The maximum Gasteiger partial charge on any atom is 0.246 e.